The molecule has 1 N–H and O–H groups in total. The van der Waals surface area contributed by atoms with Gasteiger partial charge in [0.15, 0.2) is 16.8 Å². The number of aromatic nitrogens is 3. The zero-order valence-corrected chi connectivity index (χ0v) is 18.3. The van der Waals surface area contributed by atoms with Crippen molar-refractivity contribution >= 4 is 71.0 Å². The highest BCUT2D eigenvalue weighted by molar-refractivity contribution is 7.99. The number of hydrogen-bond acceptors (Lipinski definition) is 4. The van der Waals surface area contributed by atoms with Crippen molar-refractivity contribution in [1.82, 2.24) is 15.0 Å². The Bertz CT molecular complexity index is 854. The first-order valence-electron chi connectivity index (χ1n) is 7.69. The van der Waals surface area contributed by atoms with Crippen LogP contribution in [0.1, 0.15) is 17.8 Å². The van der Waals surface area contributed by atoms with Crippen LogP contribution in [-0.4, -0.2) is 26.6 Å². The molecule has 0 saturated heterocycles. The molecule has 0 aliphatic carbocycles. The van der Waals surface area contributed by atoms with Gasteiger partial charge in [0.05, 0.1) is 16.7 Å². The average molecular weight is 473 g/mol. The molecule has 0 unspecified atom stereocenters. The summed E-state index contributed by atoms with van der Waals surface area (Å²) < 4.78 is 26.5. The lowest BCUT2D eigenvalue weighted by Gasteiger charge is -2.06. The van der Waals surface area contributed by atoms with Gasteiger partial charge in [0.2, 0.25) is 0 Å². The van der Waals surface area contributed by atoms with Gasteiger partial charge < -0.3 is 4.98 Å². The lowest BCUT2D eigenvalue weighted by atomic mass is 10.3. The maximum absolute atomic E-state index is 13.3. The quantitative estimate of drug-likeness (QED) is 0.245. The van der Waals surface area contributed by atoms with Gasteiger partial charge >= 0.3 is 0 Å². The number of alkyl halides is 1. The molecule has 0 fully saturated rings. The zero-order chi connectivity index (χ0) is 17.8. The molecule has 0 aliphatic rings. The van der Waals surface area contributed by atoms with Crippen molar-refractivity contribution in [2.75, 3.05) is 11.6 Å². The number of nitrogens with zero attached hydrogens (tertiary/aromatic N) is 2. The number of nitrogens with one attached hydrogen (secondary N) is 1. The molecule has 0 spiro atoms. The molecule has 0 saturated carbocycles. The van der Waals surface area contributed by atoms with Crippen LogP contribution in [0.5, 0.6) is 0 Å². The van der Waals surface area contributed by atoms with Crippen LogP contribution in [0.15, 0.2) is 34.3 Å². The lowest BCUT2D eigenvalue weighted by molar-refractivity contribution is 0.510. The summed E-state index contributed by atoms with van der Waals surface area (Å²) in [4.78, 5) is 13.0. The minimum absolute atomic E-state index is 0. The molecule has 2 aromatic heterocycles. The third-order valence-corrected chi connectivity index (χ3v) is 5.62. The molecule has 3 rings (SSSR count). The Morgan fingerprint density at radius 1 is 1.04 bits per heavy atom. The molecule has 0 amide bonds. The summed E-state index contributed by atoms with van der Waals surface area (Å²) in [6.07, 6.45) is 0.962. The van der Waals surface area contributed by atoms with Gasteiger partial charge in [-0.25, -0.2) is 13.8 Å². The van der Waals surface area contributed by atoms with Crippen molar-refractivity contribution < 1.29 is 8.78 Å². The topological polar surface area (TPSA) is 41.6 Å². The number of hydrogen-bond donors (Lipinski definition) is 1. The summed E-state index contributed by atoms with van der Waals surface area (Å²) in [5.41, 5.74) is 2.79. The SMILES string of the molecule is Cc1cc(SCCCCl)cc(CSc2nc3cc(F)c(F)cc3[nH]2)n1.Cl.Cl. The molecular formula is C17H18Cl3F2N3S2. The minimum Gasteiger partial charge on any atom is -0.333 e. The summed E-state index contributed by atoms with van der Waals surface area (Å²) in [5.74, 6) is 0.476. The van der Waals surface area contributed by atoms with E-state index in [2.05, 4.69) is 27.1 Å². The summed E-state index contributed by atoms with van der Waals surface area (Å²) in [6, 6.07) is 6.33. The molecule has 1 aromatic carbocycles. The van der Waals surface area contributed by atoms with E-state index in [0.29, 0.717) is 27.8 Å². The number of halogens is 5. The number of fused-ring (bicyclic) bond motifs is 1. The predicted octanol–water partition coefficient (Wildman–Crippen LogP) is 6.40. The van der Waals surface area contributed by atoms with E-state index < -0.39 is 11.6 Å². The summed E-state index contributed by atoms with van der Waals surface area (Å²) in [6.45, 7) is 1.96. The van der Waals surface area contributed by atoms with E-state index in [1.165, 1.54) is 16.7 Å². The molecule has 3 nitrogen and oxygen atoms in total. The number of aromatic amines is 1. The maximum atomic E-state index is 13.3. The summed E-state index contributed by atoms with van der Waals surface area (Å²) in [7, 11) is 0. The van der Waals surface area contributed by atoms with E-state index in [-0.39, 0.29) is 24.8 Å². The first-order valence-corrected chi connectivity index (χ1v) is 10.2. The molecule has 3 aromatic rings. The molecule has 0 atom stereocenters. The fraction of sp³-hybridized carbons (Fsp3) is 0.294. The molecule has 27 heavy (non-hydrogen) atoms. The molecule has 2 heterocycles. The highest BCUT2D eigenvalue weighted by atomic mass is 35.5. The summed E-state index contributed by atoms with van der Waals surface area (Å²) in [5, 5.41) is 0.611. The first-order chi connectivity index (χ1) is 12.0. The number of imidazole rings is 1. The smallest absolute Gasteiger partial charge is 0.166 e. The van der Waals surface area contributed by atoms with E-state index in [1.807, 2.05) is 6.92 Å². The Labute approximate surface area is 182 Å². The molecule has 10 heteroatoms. The second-order valence-electron chi connectivity index (χ2n) is 5.44. The van der Waals surface area contributed by atoms with Crippen molar-refractivity contribution in [3.05, 3.63) is 47.3 Å². The van der Waals surface area contributed by atoms with Crippen molar-refractivity contribution in [3.63, 3.8) is 0 Å². The maximum Gasteiger partial charge on any atom is 0.166 e. The Morgan fingerprint density at radius 3 is 2.52 bits per heavy atom. The van der Waals surface area contributed by atoms with E-state index in [9.17, 15) is 8.78 Å². The minimum atomic E-state index is -0.894. The van der Waals surface area contributed by atoms with Crippen LogP contribution in [-0.2, 0) is 5.75 Å². The van der Waals surface area contributed by atoms with Crippen molar-refractivity contribution in [2.24, 2.45) is 0 Å². The van der Waals surface area contributed by atoms with Crippen LogP contribution in [0, 0.1) is 18.6 Å². The van der Waals surface area contributed by atoms with Gasteiger partial charge in [0, 0.05) is 34.4 Å². The number of benzene rings is 1. The molecule has 0 aliphatic heterocycles. The van der Waals surface area contributed by atoms with Gasteiger partial charge in [-0.05, 0) is 31.2 Å². The van der Waals surface area contributed by atoms with Crippen LogP contribution < -0.4 is 0 Å². The van der Waals surface area contributed by atoms with Crippen LogP contribution in [0.4, 0.5) is 8.78 Å². The highest BCUT2D eigenvalue weighted by Gasteiger charge is 2.10. The Balaban J connectivity index is 0.00000182. The first kappa shape index (κ1) is 24.3. The monoisotopic (exact) mass is 471 g/mol. The van der Waals surface area contributed by atoms with E-state index >= 15 is 0 Å². The Hall–Kier alpha value is -0.730. The fourth-order valence-electron chi connectivity index (χ4n) is 2.30. The Kier molecular flexibility index (Phi) is 10.2. The van der Waals surface area contributed by atoms with Gasteiger partial charge in [-0.2, -0.15) is 0 Å². The van der Waals surface area contributed by atoms with Gasteiger partial charge in [0.25, 0.3) is 0 Å². The lowest BCUT2D eigenvalue weighted by Crippen LogP contribution is -1.92. The predicted molar refractivity (Wildman–Crippen MR) is 115 cm³/mol. The summed E-state index contributed by atoms with van der Waals surface area (Å²) >= 11 is 8.93. The van der Waals surface area contributed by atoms with Crippen molar-refractivity contribution in [1.29, 1.82) is 0 Å². The zero-order valence-electron chi connectivity index (χ0n) is 14.3. The van der Waals surface area contributed by atoms with Crippen LogP contribution >= 0.6 is 59.9 Å². The normalized spacial score (nSPS) is 10.5. The van der Waals surface area contributed by atoms with Gasteiger partial charge in [-0.1, -0.05) is 11.8 Å². The van der Waals surface area contributed by atoms with E-state index in [0.717, 1.165) is 35.7 Å². The second kappa shape index (κ2) is 11.3. The molecular weight excluding hydrogens is 455 g/mol. The molecule has 0 radical (unpaired) electrons. The number of H-pyrrole nitrogens is 1. The second-order valence-corrected chi connectivity index (χ2v) is 7.95. The van der Waals surface area contributed by atoms with Crippen LogP contribution in [0.2, 0.25) is 0 Å². The third-order valence-electron chi connectivity index (χ3n) is 3.39. The molecule has 148 valence electrons. The van der Waals surface area contributed by atoms with Crippen LogP contribution in [0.25, 0.3) is 11.0 Å². The Morgan fingerprint density at radius 2 is 1.78 bits per heavy atom. The number of thioether (sulfide) groups is 2. The van der Waals surface area contributed by atoms with E-state index in [4.69, 9.17) is 11.6 Å². The fourth-order valence-corrected chi connectivity index (χ4v) is 4.36. The third kappa shape index (κ3) is 6.68. The standard InChI is InChI=1S/C17H16ClF2N3S2.2ClH/c1-10-5-12(24-4-2-3-18)6-11(21-10)9-25-17-22-15-7-13(19)14(20)8-16(15)23-17;;/h5-8H,2-4,9H2,1H3,(H,22,23);2*1H. The molecule has 0 bridgehead atoms. The average Bonchev–Trinajstić information content (AvgIpc) is 2.95. The largest absolute Gasteiger partial charge is 0.333 e. The van der Waals surface area contributed by atoms with Crippen molar-refractivity contribution in [2.45, 2.75) is 29.1 Å². The van der Waals surface area contributed by atoms with Crippen LogP contribution in [0.3, 0.4) is 0 Å². The van der Waals surface area contributed by atoms with E-state index in [1.54, 1.807) is 11.8 Å². The van der Waals surface area contributed by atoms with Gasteiger partial charge in [0.1, 0.15) is 0 Å². The van der Waals surface area contributed by atoms with Gasteiger partial charge in [-0.15, -0.1) is 48.2 Å². The number of pyridine rings is 1. The number of aryl methyl sites for hydroxylation is 1. The van der Waals surface area contributed by atoms with Crippen molar-refractivity contribution in [3.8, 4) is 0 Å². The number of rotatable bonds is 7. The van der Waals surface area contributed by atoms with Gasteiger partial charge in [-0.3, -0.25) is 4.98 Å². The highest BCUT2D eigenvalue weighted by Crippen LogP contribution is 2.26.